The summed E-state index contributed by atoms with van der Waals surface area (Å²) >= 11 is 0. The lowest BCUT2D eigenvalue weighted by Gasteiger charge is -2.34. The molecule has 1 heterocycles. The highest BCUT2D eigenvalue weighted by atomic mass is 16.3. The van der Waals surface area contributed by atoms with Crippen LogP contribution in [-0.2, 0) is 6.61 Å². The smallest absolute Gasteiger partial charge is 0.126 e. The van der Waals surface area contributed by atoms with Crippen molar-refractivity contribution in [1.82, 2.24) is 0 Å². The second kappa shape index (κ2) is 4.64. The SMILES string of the molecule is OCc1ccc(N2CCCCC2O)cc1. The van der Waals surface area contributed by atoms with Crippen molar-refractivity contribution in [3.63, 3.8) is 0 Å². The highest BCUT2D eigenvalue weighted by Gasteiger charge is 2.19. The Morgan fingerprint density at radius 2 is 1.93 bits per heavy atom. The zero-order chi connectivity index (χ0) is 10.7. The molecular weight excluding hydrogens is 190 g/mol. The quantitative estimate of drug-likeness (QED) is 0.772. The largest absolute Gasteiger partial charge is 0.392 e. The van der Waals surface area contributed by atoms with Gasteiger partial charge in [-0.25, -0.2) is 0 Å². The third kappa shape index (κ3) is 2.30. The van der Waals surface area contributed by atoms with E-state index in [0.29, 0.717) is 0 Å². The molecule has 1 fully saturated rings. The van der Waals surface area contributed by atoms with Gasteiger partial charge in [0.15, 0.2) is 0 Å². The van der Waals surface area contributed by atoms with Crippen molar-refractivity contribution in [3.05, 3.63) is 29.8 Å². The average molecular weight is 207 g/mol. The van der Waals surface area contributed by atoms with Gasteiger partial charge in [0.1, 0.15) is 6.23 Å². The number of nitrogens with zero attached hydrogens (tertiary/aromatic N) is 1. The molecule has 1 aromatic rings. The summed E-state index contributed by atoms with van der Waals surface area (Å²) in [6, 6.07) is 7.72. The van der Waals surface area contributed by atoms with Crippen molar-refractivity contribution < 1.29 is 10.2 Å². The zero-order valence-electron chi connectivity index (χ0n) is 8.76. The lowest BCUT2D eigenvalue weighted by Crippen LogP contribution is -2.39. The molecule has 2 N–H and O–H groups in total. The van der Waals surface area contributed by atoms with Crippen molar-refractivity contribution >= 4 is 5.69 Å². The zero-order valence-corrected chi connectivity index (χ0v) is 8.76. The first-order valence-electron chi connectivity index (χ1n) is 5.46. The van der Waals surface area contributed by atoms with Gasteiger partial charge in [0.2, 0.25) is 0 Å². The van der Waals surface area contributed by atoms with E-state index in [1.54, 1.807) is 0 Å². The summed E-state index contributed by atoms with van der Waals surface area (Å²) in [5.74, 6) is 0. The molecule has 0 aliphatic carbocycles. The number of piperidine rings is 1. The van der Waals surface area contributed by atoms with Crippen LogP contribution in [0.15, 0.2) is 24.3 Å². The molecule has 0 aromatic heterocycles. The van der Waals surface area contributed by atoms with Crippen LogP contribution < -0.4 is 4.90 Å². The van der Waals surface area contributed by atoms with Crippen LogP contribution in [-0.4, -0.2) is 23.0 Å². The lowest BCUT2D eigenvalue weighted by atomic mass is 10.1. The molecule has 1 atom stereocenters. The molecule has 82 valence electrons. The number of aliphatic hydroxyl groups is 2. The molecular formula is C12H17NO2. The van der Waals surface area contributed by atoms with E-state index in [1.165, 1.54) is 0 Å². The second-order valence-electron chi connectivity index (χ2n) is 3.99. The maximum atomic E-state index is 9.83. The van der Waals surface area contributed by atoms with E-state index in [0.717, 1.165) is 37.1 Å². The van der Waals surface area contributed by atoms with Crippen LogP contribution in [0.4, 0.5) is 5.69 Å². The van der Waals surface area contributed by atoms with E-state index in [4.69, 9.17) is 5.11 Å². The van der Waals surface area contributed by atoms with Crippen molar-refractivity contribution in [2.75, 3.05) is 11.4 Å². The number of benzene rings is 1. The highest BCUT2D eigenvalue weighted by Crippen LogP contribution is 2.23. The molecule has 3 heteroatoms. The minimum Gasteiger partial charge on any atom is -0.392 e. The van der Waals surface area contributed by atoms with Crippen LogP contribution >= 0.6 is 0 Å². The van der Waals surface area contributed by atoms with Gasteiger partial charge in [0, 0.05) is 12.2 Å². The molecule has 1 saturated heterocycles. The van der Waals surface area contributed by atoms with E-state index < -0.39 is 0 Å². The van der Waals surface area contributed by atoms with E-state index in [9.17, 15) is 5.11 Å². The Bertz CT molecular complexity index is 310. The minimum absolute atomic E-state index is 0.0723. The summed E-state index contributed by atoms with van der Waals surface area (Å²) in [5.41, 5.74) is 1.95. The fraction of sp³-hybridized carbons (Fsp3) is 0.500. The van der Waals surface area contributed by atoms with Crippen LogP contribution in [0.25, 0.3) is 0 Å². The molecule has 3 nitrogen and oxygen atoms in total. The van der Waals surface area contributed by atoms with Crippen LogP contribution in [0.5, 0.6) is 0 Å². The first-order chi connectivity index (χ1) is 7.31. The number of hydrogen-bond acceptors (Lipinski definition) is 3. The van der Waals surface area contributed by atoms with Crippen molar-refractivity contribution in [1.29, 1.82) is 0 Å². The Kier molecular flexibility index (Phi) is 3.23. The van der Waals surface area contributed by atoms with Gasteiger partial charge in [0.25, 0.3) is 0 Å². The summed E-state index contributed by atoms with van der Waals surface area (Å²) in [6.45, 7) is 0.989. The Morgan fingerprint density at radius 3 is 2.53 bits per heavy atom. The maximum Gasteiger partial charge on any atom is 0.126 e. The van der Waals surface area contributed by atoms with E-state index in [2.05, 4.69) is 0 Å². The molecule has 0 saturated carbocycles. The molecule has 15 heavy (non-hydrogen) atoms. The van der Waals surface area contributed by atoms with Crippen molar-refractivity contribution in [2.45, 2.75) is 32.1 Å². The van der Waals surface area contributed by atoms with E-state index in [-0.39, 0.29) is 12.8 Å². The fourth-order valence-electron chi connectivity index (χ4n) is 2.01. The minimum atomic E-state index is -0.348. The van der Waals surface area contributed by atoms with Gasteiger partial charge in [0.05, 0.1) is 6.61 Å². The first kappa shape index (κ1) is 10.5. The number of hydrogen-bond donors (Lipinski definition) is 2. The second-order valence-corrected chi connectivity index (χ2v) is 3.99. The van der Waals surface area contributed by atoms with Gasteiger partial charge in [-0.3, -0.25) is 0 Å². The normalized spacial score (nSPS) is 21.7. The molecule has 1 aliphatic rings. The van der Waals surface area contributed by atoms with Crippen LogP contribution in [0.1, 0.15) is 24.8 Å². The monoisotopic (exact) mass is 207 g/mol. The summed E-state index contributed by atoms with van der Waals surface area (Å²) in [7, 11) is 0. The summed E-state index contributed by atoms with van der Waals surface area (Å²) < 4.78 is 0. The maximum absolute atomic E-state index is 9.83. The Hall–Kier alpha value is -1.06. The molecule has 1 unspecified atom stereocenters. The highest BCUT2D eigenvalue weighted by molar-refractivity contribution is 5.48. The molecule has 0 spiro atoms. The van der Waals surface area contributed by atoms with E-state index in [1.807, 2.05) is 29.2 Å². The Morgan fingerprint density at radius 1 is 1.20 bits per heavy atom. The van der Waals surface area contributed by atoms with Gasteiger partial charge in [-0.2, -0.15) is 0 Å². The Labute approximate surface area is 90.0 Å². The first-order valence-corrected chi connectivity index (χ1v) is 5.46. The van der Waals surface area contributed by atoms with Crippen LogP contribution in [0, 0.1) is 0 Å². The molecule has 1 aliphatic heterocycles. The topological polar surface area (TPSA) is 43.7 Å². The average Bonchev–Trinajstić information content (AvgIpc) is 2.30. The number of aliphatic hydroxyl groups excluding tert-OH is 2. The third-order valence-corrected chi connectivity index (χ3v) is 2.92. The van der Waals surface area contributed by atoms with Crippen LogP contribution in [0.3, 0.4) is 0 Å². The summed E-state index contributed by atoms with van der Waals surface area (Å²) in [4.78, 5) is 2.02. The van der Waals surface area contributed by atoms with Gasteiger partial charge in [-0.1, -0.05) is 12.1 Å². The fourth-order valence-corrected chi connectivity index (χ4v) is 2.01. The lowest BCUT2D eigenvalue weighted by molar-refractivity contribution is 0.140. The molecule has 0 bridgehead atoms. The molecule has 1 aromatic carbocycles. The third-order valence-electron chi connectivity index (χ3n) is 2.92. The predicted molar refractivity (Wildman–Crippen MR) is 59.6 cm³/mol. The summed E-state index contributed by atoms with van der Waals surface area (Å²) in [6.07, 6.45) is 2.74. The molecule has 0 radical (unpaired) electrons. The molecule has 0 amide bonds. The number of anilines is 1. The standard InChI is InChI=1S/C12H17NO2/c14-9-10-4-6-11(7-5-10)13-8-2-1-3-12(13)15/h4-7,12,14-15H,1-3,8-9H2. The van der Waals surface area contributed by atoms with Crippen LogP contribution in [0.2, 0.25) is 0 Å². The van der Waals surface area contributed by atoms with Crippen molar-refractivity contribution in [2.24, 2.45) is 0 Å². The van der Waals surface area contributed by atoms with Gasteiger partial charge >= 0.3 is 0 Å². The Balaban J connectivity index is 2.13. The molecule has 2 rings (SSSR count). The van der Waals surface area contributed by atoms with Gasteiger partial charge in [-0.05, 0) is 37.0 Å². The van der Waals surface area contributed by atoms with Gasteiger partial charge < -0.3 is 15.1 Å². The summed E-state index contributed by atoms with van der Waals surface area (Å²) in [5, 5.41) is 18.8. The predicted octanol–water partition coefficient (Wildman–Crippen LogP) is 1.49. The van der Waals surface area contributed by atoms with E-state index >= 15 is 0 Å². The van der Waals surface area contributed by atoms with Crippen molar-refractivity contribution in [3.8, 4) is 0 Å². The number of rotatable bonds is 2. The van der Waals surface area contributed by atoms with Gasteiger partial charge in [-0.15, -0.1) is 0 Å².